The van der Waals surface area contributed by atoms with E-state index in [0.29, 0.717) is 0 Å². The molecule has 0 aliphatic rings. The maximum absolute atomic E-state index is 4.36. The molecule has 0 saturated carbocycles. The number of hydrogen-bond acceptors (Lipinski definition) is 1. The third kappa shape index (κ3) is 6.03. The fourth-order valence-corrected chi connectivity index (χ4v) is 7.71. The summed E-state index contributed by atoms with van der Waals surface area (Å²) in [6.07, 6.45) is 1.86. The summed E-state index contributed by atoms with van der Waals surface area (Å²) < 4.78 is 2.09. The Kier molecular flexibility index (Phi) is 8.09. The summed E-state index contributed by atoms with van der Waals surface area (Å²) in [4.78, 5) is 4.36. The molecule has 2 heteroatoms. The van der Waals surface area contributed by atoms with E-state index >= 15 is 0 Å². The Morgan fingerprint density at radius 2 is 0.925 bits per heavy atom. The number of imidazole rings is 1. The number of hydrogen-bond donors (Lipinski definition) is 0. The molecule has 0 atom stereocenters. The number of fused-ring (bicyclic) bond motifs is 5. The van der Waals surface area contributed by atoms with Crippen LogP contribution in [0.2, 0.25) is 0 Å². The molecule has 9 aromatic carbocycles. The predicted molar refractivity (Wildman–Crippen MR) is 227 cm³/mol. The first kappa shape index (κ1) is 32.4. The van der Waals surface area contributed by atoms with Gasteiger partial charge in [0.15, 0.2) is 0 Å². The zero-order valence-corrected chi connectivity index (χ0v) is 30.3. The molecule has 0 radical (unpaired) electrons. The van der Waals surface area contributed by atoms with Gasteiger partial charge >= 0.3 is 0 Å². The standard InChI is InChI=1S/C38H30.C13H10N2/c1-38(2,3)31-20-21-34-35(24-31)37(30-19-17-26-11-5-7-13-28(26)23-30)33-15-9-8-14-32(33)36(34)29-18-16-25-10-4-6-12-27(25)22-29;1-2-6-11(7-3-1)15-10-14-12-8-4-5-9-13(12)15/h4-24H,1-3H3;1-10H. The van der Waals surface area contributed by atoms with E-state index in [1.807, 2.05) is 42.7 Å². The Morgan fingerprint density at radius 1 is 0.415 bits per heavy atom. The summed E-state index contributed by atoms with van der Waals surface area (Å²) in [5.74, 6) is 0. The van der Waals surface area contributed by atoms with Crippen LogP contribution in [-0.4, -0.2) is 9.55 Å². The van der Waals surface area contributed by atoms with Crippen LogP contribution in [0, 0.1) is 0 Å². The smallest absolute Gasteiger partial charge is 0.100 e. The molecule has 1 heterocycles. The quantitative estimate of drug-likeness (QED) is 0.170. The Bertz CT molecular complexity index is 2930. The molecule has 0 fully saturated rings. The lowest BCUT2D eigenvalue weighted by Gasteiger charge is -2.23. The molecule has 0 bridgehead atoms. The van der Waals surface area contributed by atoms with Crippen LogP contribution >= 0.6 is 0 Å². The maximum atomic E-state index is 4.36. The van der Waals surface area contributed by atoms with Crippen molar-refractivity contribution < 1.29 is 0 Å². The lowest BCUT2D eigenvalue weighted by atomic mass is 9.81. The minimum Gasteiger partial charge on any atom is -0.299 e. The van der Waals surface area contributed by atoms with Gasteiger partial charge in [-0.25, -0.2) is 4.98 Å². The first-order valence-electron chi connectivity index (χ1n) is 18.4. The van der Waals surface area contributed by atoms with Gasteiger partial charge in [-0.2, -0.15) is 0 Å². The highest BCUT2D eigenvalue weighted by Gasteiger charge is 2.20. The summed E-state index contributed by atoms with van der Waals surface area (Å²) in [7, 11) is 0. The zero-order valence-electron chi connectivity index (χ0n) is 30.3. The van der Waals surface area contributed by atoms with E-state index in [1.54, 1.807) is 0 Å². The summed E-state index contributed by atoms with van der Waals surface area (Å²) in [5.41, 5.74) is 9.88. The van der Waals surface area contributed by atoms with Crippen molar-refractivity contribution in [3.05, 3.63) is 194 Å². The minimum atomic E-state index is 0.0591. The first-order valence-corrected chi connectivity index (χ1v) is 18.4. The average Bonchev–Trinajstić information content (AvgIpc) is 3.64. The Hall–Kier alpha value is -6.51. The van der Waals surface area contributed by atoms with E-state index in [1.165, 1.54) is 70.9 Å². The largest absolute Gasteiger partial charge is 0.299 e. The molecular formula is C51H40N2. The predicted octanol–water partition coefficient (Wildman–Crippen LogP) is 14.0. The van der Waals surface area contributed by atoms with Gasteiger partial charge < -0.3 is 0 Å². The van der Waals surface area contributed by atoms with Crippen molar-refractivity contribution in [1.82, 2.24) is 9.55 Å². The average molecular weight is 681 g/mol. The van der Waals surface area contributed by atoms with Crippen molar-refractivity contribution in [2.75, 3.05) is 0 Å². The molecule has 10 aromatic rings. The minimum absolute atomic E-state index is 0.0591. The van der Waals surface area contributed by atoms with Crippen molar-refractivity contribution in [2.45, 2.75) is 26.2 Å². The van der Waals surface area contributed by atoms with Crippen LogP contribution in [0.25, 0.3) is 82.1 Å². The van der Waals surface area contributed by atoms with Crippen molar-refractivity contribution in [1.29, 1.82) is 0 Å². The summed E-state index contributed by atoms with van der Waals surface area (Å²) >= 11 is 0. The van der Waals surface area contributed by atoms with Crippen LogP contribution in [0.4, 0.5) is 0 Å². The van der Waals surface area contributed by atoms with E-state index in [-0.39, 0.29) is 5.41 Å². The molecule has 0 saturated heterocycles. The third-order valence-electron chi connectivity index (χ3n) is 10.5. The van der Waals surface area contributed by atoms with Crippen LogP contribution in [0.5, 0.6) is 0 Å². The number of aromatic nitrogens is 2. The lowest BCUT2D eigenvalue weighted by Crippen LogP contribution is -2.10. The highest BCUT2D eigenvalue weighted by molar-refractivity contribution is 6.22. The van der Waals surface area contributed by atoms with Gasteiger partial charge in [0.05, 0.1) is 11.0 Å². The Morgan fingerprint density at radius 3 is 1.55 bits per heavy atom. The Labute approximate surface area is 310 Å². The van der Waals surface area contributed by atoms with Crippen molar-refractivity contribution in [2.24, 2.45) is 0 Å². The third-order valence-corrected chi connectivity index (χ3v) is 10.5. The van der Waals surface area contributed by atoms with E-state index in [0.717, 1.165) is 16.7 Å². The van der Waals surface area contributed by atoms with Crippen molar-refractivity contribution >= 4 is 54.1 Å². The fraction of sp³-hybridized carbons (Fsp3) is 0.0784. The van der Waals surface area contributed by atoms with Crippen LogP contribution in [0.15, 0.2) is 188 Å². The molecule has 0 N–H and O–H groups in total. The monoisotopic (exact) mass is 680 g/mol. The molecule has 0 aliphatic carbocycles. The van der Waals surface area contributed by atoms with Crippen molar-refractivity contribution in [3.8, 4) is 27.9 Å². The molecule has 0 amide bonds. The topological polar surface area (TPSA) is 17.8 Å². The van der Waals surface area contributed by atoms with Gasteiger partial charge in [0, 0.05) is 5.69 Å². The molecule has 254 valence electrons. The SMILES string of the molecule is CC(C)(C)c1ccc2c(-c3ccc4ccccc4c3)c3ccccc3c(-c3ccc4ccccc4c3)c2c1.c1ccc(-n2cnc3ccccc32)cc1. The number of nitrogens with zero attached hydrogens (tertiary/aromatic N) is 2. The molecule has 0 spiro atoms. The zero-order chi connectivity index (χ0) is 35.9. The van der Waals surface area contributed by atoms with E-state index in [2.05, 4.69) is 176 Å². The summed E-state index contributed by atoms with van der Waals surface area (Å²) in [5, 5.41) is 10.3. The summed E-state index contributed by atoms with van der Waals surface area (Å²) in [6.45, 7) is 6.90. The van der Waals surface area contributed by atoms with E-state index in [4.69, 9.17) is 0 Å². The number of rotatable bonds is 3. The van der Waals surface area contributed by atoms with Gasteiger partial charge in [-0.05, 0) is 119 Å². The molecule has 0 aliphatic heterocycles. The molecule has 0 unspecified atom stereocenters. The molecule has 53 heavy (non-hydrogen) atoms. The molecule has 1 aromatic heterocycles. The highest BCUT2D eigenvalue weighted by Crippen LogP contribution is 2.45. The second-order valence-corrected chi connectivity index (χ2v) is 14.9. The number of para-hydroxylation sites is 3. The van der Waals surface area contributed by atoms with Gasteiger partial charge in [0.2, 0.25) is 0 Å². The molecule has 2 nitrogen and oxygen atoms in total. The molecule has 10 rings (SSSR count). The van der Waals surface area contributed by atoms with Gasteiger partial charge in [0.25, 0.3) is 0 Å². The second kappa shape index (κ2) is 13.2. The fourth-order valence-electron chi connectivity index (χ4n) is 7.71. The van der Waals surface area contributed by atoms with Crippen molar-refractivity contribution in [3.63, 3.8) is 0 Å². The first-order chi connectivity index (χ1) is 25.9. The van der Waals surface area contributed by atoms with Crippen LogP contribution in [0.3, 0.4) is 0 Å². The second-order valence-electron chi connectivity index (χ2n) is 14.9. The van der Waals surface area contributed by atoms with E-state index in [9.17, 15) is 0 Å². The van der Waals surface area contributed by atoms with Gasteiger partial charge in [0.1, 0.15) is 6.33 Å². The lowest BCUT2D eigenvalue weighted by molar-refractivity contribution is 0.591. The molecular weight excluding hydrogens is 641 g/mol. The van der Waals surface area contributed by atoms with Gasteiger partial charge in [-0.15, -0.1) is 0 Å². The van der Waals surface area contributed by atoms with Crippen LogP contribution in [-0.2, 0) is 5.41 Å². The van der Waals surface area contributed by atoms with Gasteiger partial charge in [-0.1, -0.05) is 160 Å². The summed E-state index contributed by atoms with van der Waals surface area (Å²) in [6, 6.07) is 65.5. The van der Waals surface area contributed by atoms with E-state index < -0.39 is 0 Å². The van der Waals surface area contributed by atoms with Crippen LogP contribution in [0.1, 0.15) is 26.3 Å². The van der Waals surface area contributed by atoms with Crippen LogP contribution < -0.4 is 0 Å². The highest BCUT2D eigenvalue weighted by atomic mass is 15.0. The number of benzene rings is 9. The normalized spacial score (nSPS) is 11.7. The van der Waals surface area contributed by atoms with Gasteiger partial charge in [-0.3, -0.25) is 4.57 Å². The maximum Gasteiger partial charge on any atom is 0.100 e. The Balaban J connectivity index is 0.000000206.